The highest BCUT2D eigenvalue weighted by Crippen LogP contribution is 2.11. The molecule has 264 valence electrons. The van der Waals surface area contributed by atoms with E-state index in [0.29, 0.717) is 25.7 Å². The van der Waals surface area contributed by atoms with Crippen LogP contribution in [0, 0.1) is 11.8 Å². The third kappa shape index (κ3) is 21.2. The van der Waals surface area contributed by atoms with Crippen molar-refractivity contribution in [1.29, 1.82) is 0 Å². The maximum Gasteiger partial charge on any atom is 0.293 e. The molecule has 0 saturated carbocycles. The van der Waals surface area contributed by atoms with E-state index in [1.165, 1.54) is 0 Å². The zero-order valence-electron chi connectivity index (χ0n) is 29.3. The summed E-state index contributed by atoms with van der Waals surface area (Å²) in [5.74, 6) is -1.99. The van der Waals surface area contributed by atoms with Gasteiger partial charge in [-0.1, -0.05) is 58.0 Å². The molecule has 4 amide bonds. The van der Waals surface area contributed by atoms with Crippen LogP contribution in [0.15, 0.2) is 30.3 Å². The quantitative estimate of drug-likeness (QED) is 0.120. The molecule has 0 aromatic heterocycles. The lowest BCUT2D eigenvalue weighted by Gasteiger charge is -2.28. The van der Waals surface area contributed by atoms with Gasteiger partial charge in [0.25, 0.3) is 12.4 Å². The Morgan fingerprint density at radius 1 is 0.848 bits per heavy atom. The number of primary amides is 1. The van der Waals surface area contributed by atoms with Crippen molar-refractivity contribution >= 4 is 30.1 Å². The van der Waals surface area contributed by atoms with Crippen molar-refractivity contribution in [2.75, 3.05) is 14.2 Å². The third-order valence-corrected chi connectivity index (χ3v) is 6.30. The van der Waals surface area contributed by atoms with E-state index in [1.54, 1.807) is 14.0 Å². The van der Waals surface area contributed by atoms with E-state index in [4.69, 9.17) is 10.8 Å². The first kappa shape index (κ1) is 44.6. The largest absolute Gasteiger partial charge is 0.462 e. The molecule has 0 radical (unpaired) electrons. The Morgan fingerprint density at radius 2 is 1.30 bits per heavy atom. The fraction of sp³-hybridized carbons (Fsp3) is 0.667. The molecule has 0 aliphatic heterocycles. The van der Waals surface area contributed by atoms with E-state index in [-0.39, 0.29) is 23.9 Å². The van der Waals surface area contributed by atoms with Crippen LogP contribution in [0.3, 0.4) is 0 Å². The van der Waals surface area contributed by atoms with Crippen molar-refractivity contribution in [3.05, 3.63) is 35.9 Å². The van der Waals surface area contributed by atoms with Gasteiger partial charge in [0.15, 0.2) is 0 Å². The van der Waals surface area contributed by atoms with Crippen LogP contribution in [0.4, 0.5) is 0 Å². The van der Waals surface area contributed by atoms with Crippen LogP contribution >= 0.6 is 0 Å². The fourth-order valence-electron chi connectivity index (χ4n) is 4.20. The van der Waals surface area contributed by atoms with Crippen LogP contribution in [-0.2, 0) is 35.1 Å². The lowest BCUT2D eigenvalue weighted by molar-refractivity contribution is -0.138. The Labute approximate surface area is 274 Å². The topological polar surface area (TPSA) is 209 Å². The first-order valence-corrected chi connectivity index (χ1v) is 15.5. The molecule has 1 aromatic rings. The molecule has 46 heavy (non-hydrogen) atoms. The van der Waals surface area contributed by atoms with Crippen LogP contribution in [-0.4, -0.2) is 90.3 Å². The zero-order chi connectivity index (χ0) is 36.0. The molecule has 13 heteroatoms. The van der Waals surface area contributed by atoms with E-state index < -0.39 is 53.9 Å². The van der Waals surface area contributed by atoms with Gasteiger partial charge in [0.05, 0.1) is 0 Å². The highest BCUT2D eigenvalue weighted by molar-refractivity contribution is 5.93. The Balaban J connectivity index is 0. The minimum atomic E-state index is -1.39. The molecule has 5 atom stereocenters. The highest BCUT2D eigenvalue weighted by Gasteiger charge is 2.32. The minimum Gasteiger partial charge on any atom is -0.462 e. The van der Waals surface area contributed by atoms with Gasteiger partial charge in [-0.05, 0) is 71.4 Å². The number of nitrogens with one attached hydrogen (secondary N) is 4. The average molecular weight is 654 g/mol. The summed E-state index contributed by atoms with van der Waals surface area (Å²) in [6.45, 7) is 15.3. The van der Waals surface area contributed by atoms with Gasteiger partial charge in [0.1, 0.15) is 23.8 Å². The summed E-state index contributed by atoms with van der Waals surface area (Å²) in [6.07, 6.45) is -0.302. The van der Waals surface area contributed by atoms with Crippen molar-refractivity contribution in [3.63, 3.8) is 0 Å². The molecule has 0 aliphatic carbocycles. The Bertz CT molecular complexity index is 1030. The molecule has 1 aromatic carbocycles. The number of ether oxygens (including phenoxy) is 1. The minimum absolute atomic E-state index is 0.0202. The van der Waals surface area contributed by atoms with Crippen molar-refractivity contribution < 1.29 is 38.9 Å². The van der Waals surface area contributed by atoms with Gasteiger partial charge < -0.3 is 42.0 Å². The predicted molar refractivity (Wildman–Crippen MR) is 178 cm³/mol. The van der Waals surface area contributed by atoms with E-state index in [9.17, 15) is 29.1 Å². The zero-order valence-corrected chi connectivity index (χ0v) is 29.3. The van der Waals surface area contributed by atoms with E-state index >= 15 is 0 Å². The van der Waals surface area contributed by atoms with Gasteiger partial charge in [-0.25, -0.2) is 0 Å². The van der Waals surface area contributed by atoms with Gasteiger partial charge in [0, 0.05) is 25.6 Å². The first-order valence-electron chi connectivity index (χ1n) is 15.5. The number of aliphatic hydroxyl groups excluding tert-OH is 2. The lowest BCUT2D eigenvalue weighted by Crippen LogP contribution is -2.58. The summed E-state index contributed by atoms with van der Waals surface area (Å²) in [4.78, 5) is 59.9. The third-order valence-electron chi connectivity index (χ3n) is 6.30. The number of carbonyl (C=O) groups excluding carboxylic acids is 5. The highest BCUT2D eigenvalue weighted by atomic mass is 16.5. The molecule has 0 saturated heterocycles. The van der Waals surface area contributed by atoms with Crippen molar-refractivity contribution in [2.24, 2.45) is 17.6 Å². The second kappa shape index (κ2) is 23.7. The number of aliphatic hydroxyl groups is 2. The molecule has 0 spiro atoms. The number of amides is 4. The molecule has 1 rings (SSSR count). The summed E-state index contributed by atoms with van der Waals surface area (Å²) >= 11 is 0. The molecule has 5 unspecified atom stereocenters. The lowest BCUT2D eigenvalue weighted by atomic mass is 9.98. The van der Waals surface area contributed by atoms with Gasteiger partial charge in [-0.2, -0.15) is 0 Å². The maximum atomic E-state index is 13.2. The van der Waals surface area contributed by atoms with Crippen molar-refractivity contribution in [2.45, 2.75) is 117 Å². The normalized spacial score (nSPS) is 14.1. The van der Waals surface area contributed by atoms with E-state index in [0.717, 1.165) is 12.7 Å². The van der Waals surface area contributed by atoms with Crippen molar-refractivity contribution in [1.82, 2.24) is 21.3 Å². The van der Waals surface area contributed by atoms with Crippen LogP contribution < -0.4 is 27.0 Å². The Kier molecular flexibility index (Phi) is 23.0. The van der Waals surface area contributed by atoms with Gasteiger partial charge in [-0.15, -0.1) is 0 Å². The van der Waals surface area contributed by atoms with Crippen molar-refractivity contribution in [3.8, 4) is 0 Å². The summed E-state index contributed by atoms with van der Waals surface area (Å²) in [6, 6.07) is 6.64. The molecule has 0 aliphatic rings. The predicted octanol–water partition coefficient (Wildman–Crippen LogP) is 1.19. The smallest absolute Gasteiger partial charge is 0.293 e. The number of carbonyl (C=O) groups is 5. The number of hydrogen-bond donors (Lipinski definition) is 7. The molecule has 0 fully saturated rings. The van der Waals surface area contributed by atoms with Gasteiger partial charge >= 0.3 is 0 Å². The van der Waals surface area contributed by atoms with E-state index in [1.807, 2.05) is 78.8 Å². The van der Waals surface area contributed by atoms with Gasteiger partial charge in [0.2, 0.25) is 17.7 Å². The summed E-state index contributed by atoms with van der Waals surface area (Å²) in [7, 11) is 2.66. The molecule has 0 bridgehead atoms. The van der Waals surface area contributed by atoms with Crippen LogP contribution in [0.1, 0.15) is 80.2 Å². The number of rotatable bonds is 17. The van der Waals surface area contributed by atoms with Crippen LogP contribution in [0.25, 0.3) is 0 Å². The van der Waals surface area contributed by atoms with Crippen LogP contribution in [0.5, 0.6) is 0 Å². The Morgan fingerprint density at radius 3 is 1.67 bits per heavy atom. The number of hydrogen-bond acceptors (Lipinski definition) is 9. The molecular formula is C33H59N5O8. The molecule has 0 heterocycles. The SMILES string of the molecule is CC(C)(C)OC=O.CNC(Cc1ccccc1)C(O)C(=O)NC(CC(C)C)C(=O)NC(CC(C)C)C(=O)NC(C)CC(N)=O.CO. The van der Waals surface area contributed by atoms with E-state index in [2.05, 4.69) is 26.0 Å². The Hall–Kier alpha value is -3.55. The summed E-state index contributed by atoms with van der Waals surface area (Å²) in [5.41, 5.74) is 5.85. The maximum absolute atomic E-state index is 13.2. The second-order valence-electron chi connectivity index (χ2n) is 12.8. The summed E-state index contributed by atoms with van der Waals surface area (Å²) < 4.78 is 4.55. The van der Waals surface area contributed by atoms with Crippen LogP contribution in [0.2, 0.25) is 0 Å². The monoisotopic (exact) mass is 653 g/mol. The first-order chi connectivity index (χ1) is 21.4. The average Bonchev–Trinajstić information content (AvgIpc) is 2.95. The fourth-order valence-corrected chi connectivity index (χ4v) is 4.20. The standard InChI is InChI=1S/C27H45N5O5.C5H10O2.CH4O/c1-16(2)12-21(25(35)30-18(5)14-23(28)33)31-26(36)22(13-17(3)4)32-27(37)24(34)20(29-6)15-19-10-8-7-9-11-19;1-5(2,3)7-4-6;1-2/h7-11,16-18,20-22,24,29,34H,12-15H2,1-6H3,(H2,28,33)(H,30,35)(H,31,36)(H,32,37);4H,1-3H3;2H,1H3. The number of likely N-dealkylation sites (N-methyl/N-ethyl adjacent to an activating group) is 1. The van der Waals surface area contributed by atoms with Gasteiger partial charge in [-0.3, -0.25) is 24.0 Å². The second-order valence-corrected chi connectivity index (χ2v) is 12.8. The molecular weight excluding hydrogens is 594 g/mol. The number of benzene rings is 1. The molecule has 8 N–H and O–H groups in total. The number of nitrogens with two attached hydrogens (primary N) is 1. The summed E-state index contributed by atoms with van der Waals surface area (Å²) in [5, 5.41) is 28.9. The molecule has 13 nitrogen and oxygen atoms in total.